The van der Waals surface area contributed by atoms with E-state index in [4.69, 9.17) is 10.5 Å². The van der Waals surface area contributed by atoms with E-state index in [0.29, 0.717) is 0 Å². The summed E-state index contributed by atoms with van der Waals surface area (Å²) in [5.41, 5.74) is 5.32. The standard InChI is InChI=1S/C18H20N2/c1-5-15-10-16(14(4)6-8-19)12-17(11-15)18(7-9-20)13(2)3/h6-7,10-13H,5H2,1-4H3/b14-6+,18-7+. The molecule has 0 aliphatic heterocycles. The Morgan fingerprint density at radius 1 is 1.10 bits per heavy atom. The van der Waals surface area contributed by atoms with E-state index in [1.165, 1.54) is 5.56 Å². The second-order valence-corrected chi connectivity index (χ2v) is 5.11. The monoisotopic (exact) mass is 264 g/mol. The van der Waals surface area contributed by atoms with E-state index in [2.05, 4.69) is 51.1 Å². The van der Waals surface area contributed by atoms with Crippen LogP contribution >= 0.6 is 0 Å². The number of hydrogen-bond donors (Lipinski definition) is 0. The van der Waals surface area contributed by atoms with Gasteiger partial charge in [-0.15, -0.1) is 0 Å². The normalized spacial score (nSPS) is 12.2. The number of aryl methyl sites for hydroxylation is 1. The lowest BCUT2D eigenvalue weighted by Crippen LogP contribution is -1.97. The largest absolute Gasteiger partial charge is 0.193 e. The molecule has 20 heavy (non-hydrogen) atoms. The molecule has 0 unspecified atom stereocenters. The van der Waals surface area contributed by atoms with Crippen LogP contribution in [0, 0.1) is 28.6 Å². The van der Waals surface area contributed by atoms with Gasteiger partial charge < -0.3 is 0 Å². The van der Waals surface area contributed by atoms with Crippen LogP contribution in [0.5, 0.6) is 0 Å². The molecule has 0 amide bonds. The third kappa shape index (κ3) is 3.84. The molecule has 1 aromatic rings. The summed E-state index contributed by atoms with van der Waals surface area (Å²) in [6, 6.07) is 10.5. The van der Waals surface area contributed by atoms with Gasteiger partial charge in [0.25, 0.3) is 0 Å². The summed E-state index contributed by atoms with van der Waals surface area (Å²) in [7, 11) is 0. The van der Waals surface area contributed by atoms with E-state index in [1.807, 2.05) is 6.92 Å². The molecule has 0 fully saturated rings. The predicted octanol–water partition coefficient (Wildman–Crippen LogP) is 4.74. The van der Waals surface area contributed by atoms with Crippen molar-refractivity contribution in [2.24, 2.45) is 5.92 Å². The van der Waals surface area contributed by atoms with Crippen LogP contribution in [0.4, 0.5) is 0 Å². The lowest BCUT2D eigenvalue weighted by molar-refractivity contribution is 0.855. The molecule has 0 aliphatic rings. The maximum atomic E-state index is 8.96. The van der Waals surface area contributed by atoms with Crippen LogP contribution in [0.15, 0.2) is 30.4 Å². The van der Waals surface area contributed by atoms with Crippen LogP contribution in [0.3, 0.4) is 0 Å². The zero-order valence-electron chi connectivity index (χ0n) is 12.6. The second kappa shape index (κ2) is 7.31. The minimum absolute atomic E-state index is 0.287. The fourth-order valence-electron chi connectivity index (χ4n) is 2.12. The smallest absolute Gasteiger partial charge is 0.0915 e. The Morgan fingerprint density at radius 2 is 1.70 bits per heavy atom. The Hall–Kier alpha value is -2.32. The first-order valence-corrected chi connectivity index (χ1v) is 6.84. The molecular weight excluding hydrogens is 244 g/mol. The summed E-state index contributed by atoms with van der Waals surface area (Å²) in [6.07, 6.45) is 4.10. The van der Waals surface area contributed by atoms with Gasteiger partial charge in [-0.2, -0.15) is 10.5 Å². The lowest BCUT2D eigenvalue weighted by atomic mass is 9.90. The average Bonchev–Trinajstić information content (AvgIpc) is 2.44. The molecule has 0 atom stereocenters. The highest BCUT2D eigenvalue weighted by Crippen LogP contribution is 2.27. The van der Waals surface area contributed by atoms with Crippen molar-refractivity contribution in [1.82, 2.24) is 0 Å². The minimum Gasteiger partial charge on any atom is -0.193 e. The van der Waals surface area contributed by atoms with Crippen molar-refractivity contribution in [3.63, 3.8) is 0 Å². The number of rotatable bonds is 4. The summed E-state index contributed by atoms with van der Waals surface area (Å²) < 4.78 is 0. The van der Waals surface area contributed by atoms with Gasteiger partial charge in [0.15, 0.2) is 0 Å². The van der Waals surface area contributed by atoms with Crippen LogP contribution in [0.25, 0.3) is 11.1 Å². The Balaban J connectivity index is 3.46. The van der Waals surface area contributed by atoms with Gasteiger partial charge in [-0.1, -0.05) is 32.9 Å². The molecule has 0 N–H and O–H groups in total. The molecule has 0 spiro atoms. The number of allylic oxidation sites excluding steroid dienone is 4. The highest BCUT2D eigenvalue weighted by molar-refractivity contribution is 5.75. The molecule has 2 heteroatoms. The van der Waals surface area contributed by atoms with Crippen molar-refractivity contribution >= 4 is 11.1 Å². The Kier molecular flexibility index (Phi) is 5.75. The maximum Gasteiger partial charge on any atom is 0.0915 e. The quantitative estimate of drug-likeness (QED) is 0.737. The summed E-state index contributed by atoms with van der Waals surface area (Å²) in [4.78, 5) is 0. The third-order valence-electron chi connectivity index (χ3n) is 3.31. The first kappa shape index (κ1) is 15.7. The SMILES string of the molecule is CCc1cc(/C(C)=C/C#N)cc(/C(=C/C#N)C(C)C)c1. The van der Waals surface area contributed by atoms with Gasteiger partial charge in [0.05, 0.1) is 12.1 Å². The van der Waals surface area contributed by atoms with Crippen molar-refractivity contribution in [1.29, 1.82) is 10.5 Å². The maximum absolute atomic E-state index is 8.96. The molecule has 2 nitrogen and oxygen atoms in total. The van der Waals surface area contributed by atoms with Crippen LogP contribution in [-0.2, 0) is 6.42 Å². The zero-order chi connectivity index (χ0) is 15.1. The van der Waals surface area contributed by atoms with E-state index in [-0.39, 0.29) is 5.92 Å². The van der Waals surface area contributed by atoms with E-state index < -0.39 is 0 Å². The fraction of sp³-hybridized carbons (Fsp3) is 0.333. The van der Waals surface area contributed by atoms with Gasteiger partial charge >= 0.3 is 0 Å². The van der Waals surface area contributed by atoms with Gasteiger partial charge in [-0.3, -0.25) is 0 Å². The summed E-state index contributed by atoms with van der Waals surface area (Å²) in [6.45, 7) is 8.21. The van der Waals surface area contributed by atoms with E-state index >= 15 is 0 Å². The van der Waals surface area contributed by atoms with Crippen molar-refractivity contribution in [2.75, 3.05) is 0 Å². The van der Waals surface area contributed by atoms with Gasteiger partial charge in [0.2, 0.25) is 0 Å². The number of benzene rings is 1. The predicted molar refractivity (Wildman–Crippen MR) is 83.5 cm³/mol. The second-order valence-electron chi connectivity index (χ2n) is 5.11. The van der Waals surface area contributed by atoms with Gasteiger partial charge in [0, 0.05) is 12.2 Å². The minimum atomic E-state index is 0.287. The third-order valence-corrected chi connectivity index (χ3v) is 3.31. The van der Waals surface area contributed by atoms with E-state index in [1.54, 1.807) is 12.2 Å². The van der Waals surface area contributed by atoms with Crippen LogP contribution < -0.4 is 0 Å². The van der Waals surface area contributed by atoms with Crippen molar-refractivity contribution < 1.29 is 0 Å². The van der Waals surface area contributed by atoms with Crippen molar-refractivity contribution in [3.8, 4) is 12.1 Å². The molecule has 102 valence electrons. The lowest BCUT2D eigenvalue weighted by Gasteiger charge is -2.14. The molecule has 0 radical (unpaired) electrons. The van der Waals surface area contributed by atoms with Crippen LogP contribution in [0.1, 0.15) is 44.4 Å². The fourth-order valence-corrected chi connectivity index (χ4v) is 2.12. The number of nitriles is 2. The van der Waals surface area contributed by atoms with Crippen LogP contribution in [0.2, 0.25) is 0 Å². The zero-order valence-corrected chi connectivity index (χ0v) is 12.6. The topological polar surface area (TPSA) is 47.6 Å². The van der Waals surface area contributed by atoms with E-state index in [9.17, 15) is 0 Å². The highest BCUT2D eigenvalue weighted by Gasteiger charge is 2.09. The summed E-state index contributed by atoms with van der Waals surface area (Å²) >= 11 is 0. The summed E-state index contributed by atoms with van der Waals surface area (Å²) in [5.74, 6) is 0.287. The molecule has 1 rings (SSSR count). The van der Waals surface area contributed by atoms with E-state index in [0.717, 1.165) is 28.7 Å². The van der Waals surface area contributed by atoms with Crippen molar-refractivity contribution in [2.45, 2.75) is 34.1 Å². The molecule has 0 bridgehead atoms. The number of hydrogen-bond acceptors (Lipinski definition) is 2. The Morgan fingerprint density at radius 3 is 2.20 bits per heavy atom. The van der Waals surface area contributed by atoms with Crippen molar-refractivity contribution in [3.05, 3.63) is 47.0 Å². The summed E-state index contributed by atoms with van der Waals surface area (Å²) in [5, 5.41) is 17.7. The molecule has 0 saturated heterocycles. The average molecular weight is 264 g/mol. The highest BCUT2D eigenvalue weighted by atomic mass is 14.2. The molecule has 0 aromatic heterocycles. The van der Waals surface area contributed by atoms with Gasteiger partial charge in [-0.25, -0.2) is 0 Å². The van der Waals surface area contributed by atoms with Crippen LogP contribution in [-0.4, -0.2) is 0 Å². The molecule has 0 heterocycles. The first-order valence-electron chi connectivity index (χ1n) is 6.84. The van der Waals surface area contributed by atoms with Gasteiger partial charge in [-0.05, 0) is 53.2 Å². The van der Waals surface area contributed by atoms with Gasteiger partial charge in [0.1, 0.15) is 0 Å². The molecule has 1 aromatic carbocycles. The Labute approximate surface area is 121 Å². The Bertz CT molecular complexity index is 620. The first-order chi connectivity index (χ1) is 9.53. The molecule has 0 aliphatic carbocycles. The molecule has 0 saturated carbocycles. The number of nitrogens with zero attached hydrogens (tertiary/aromatic N) is 2. The molecular formula is C18H20N2.